The summed E-state index contributed by atoms with van der Waals surface area (Å²) < 4.78 is 31.3. The van der Waals surface area contributed by atoms with E-state index in [1.807, 2.05) is 36.4 Å². The van der Waals surface area contributed by atoms with Gasteiger partial charge in [0, 0.05) is 17.7 Å². The van der Waals surface area contributed by atoms with Gasteiger partial charge in [0.25, 0.3) is 0 Å². The molecular formula is C17H15N3O3S. The van der Waals surface area contributed by atoms with Crippen molar-refractivity contribution in [3.63, 3.8) is 0 Å². The predicted octanol–water partition coefficient (Wildman–Crippen LogP) is 2.02. The van der Waals surface area contributed by atoms with Crippen LogP contribution in [0.2, 0.25) is 0 Å². The quantitative estimate of drug-likeness (QED) is 0.831. The largest absolute Gasteiger partial charge is 0.471 e. The minimum atomic E-state index is -3.46. The molecule has 24 heavy (non-hydrogen) atoms. The lowest BCUT2D eigenvalue weighted by Crippen LogP contribution is -2.55. The fraction of sp³-hybridized carbons (Fsp3) is 0.176. The summed E-state index contributed by atoms with van der Waals surface area (Å²) in [7, 11) is -3.46. The van der Waals surface area contributed by atoms with E-state index >= 15 is 0 Å². The van der Waals surface area contributed by atoms with Crippen LogP contribution in [0.3, 0.4) is 0 Å². The molecule has 0 unspecified atom stereocenters. The van der Waals surface area contributed by atoms with Crippen molar-refractivity contribution in [3.05, 3.63) is 65.2 Å². The van der Waals surface area contributed by atoms with Crippen LogP contribution in [0.4, 0.5) is 0 Å². The van der Waals surface area contributed by atoms with E-state index < -0.39 is 10.0 Å². The van der Waals surface area contributed by atoms with Crippen LogP contribution in [0.25, 0.3) is 6.08 Å². The highest BCUT2D eigenvalue weighted by atomic mass is 32.2. The van der Waals surface area contributed by atoms with Gasteiger partial charge in [-0.3, -0.25) is 0 Å². The van der Waals surface area contributed by atoms with Crippen LogP contribution >= 0.6 is 0 Å². The first-order valence-electron chi connectivity index (χ1n) is 7.33. The lowest BCUT2D eigenvalue weighted by atomic mass is 10.2. The maximum absolute atomic E-state index is 12.2. The van der Waals surface area contributed by atoms with Gasteiger partial charge in [0.1, 0.15) is 6.10 Å². The van der Waals surface area contributed by atoms with Gasteiger partial charge in [0.15, 0.2) is 0 Å². The normalized spacial score (nSPS) is 15.8. The number of ether oxygens (including phenoxy) is 1. The molecule has 0 amide bonds. The average Bonchev–Trinajstić information content (AvgIpc) is 2.57. The second-order valence-electron chi connectivity index (χ2n) is 5.31. The third kappa shape index (κ3) is 3.79. The van der Waals surface area contributed by atoms with Crippen LogP contribution in [-0.4, -0.2) is 36.9 Å². The molecule has 0 atom stereocenters. The van der Waals surface area contributed by atoms with Gasteiger partial charge < -0.3 is 4.74 Å². The minimum Gasteiger partial charge on any atom is -0.471 e. The Morgan fingerprint density at radius 2 is 2.00 bits per heavy atom. The predicted molar refractivity (Wildman–Crippen MR) is 89.3 cm³/mol. The first-order chi connectivity index (χ1) is 11.6. The Balaban J connectivity index is 1.57. The van der Waals surface area contributed by atoms with Crippen molar-refractivity contribution in [1.82, 2.24) is 9.29 Å². The Morgan fingerprint density at radius 1 is 1.25 bits per heavy atom. The monoisotopic (exact) mass is 341 g/mol. The summed E-state index contributed by atoms with van der Waals surface area (Å²) in [6.07, 6.45) is 2.80. The van der Waals surface area contributed by atoms with Crippen molar-refractivity contribution in [3.8, 4) is 11.9 Å². The number of sulfonamides is 1. The number of rotatable bonds is 5. The zero-order valence-corrected chi connectivity index (χ0v) is 13.6. The van der Waals surface area contributed by atoms with E-state index in [-0.39, 0.29) is 19.2 Å². The van der Waals surface area contributed by atoms with Crippen LogP contribution in [0.15, 0.2) is 54.1 Å². The summed E-state index contributed by atoms with van der Waals surface area (Å²) in [6.45, 7) is 0.528. The lowest BCUT2D eigenvalue weighted by Gasteiger charge is -2.36. The molecule has 1 saturated heterocycles. The molecule has 0 spiro atoms. The van der Waals surface area contributed by atoms with Gasteiger partial charge in [-0.2, -0.15) is 9.57 Å². The third-order valence-electron chi connectivity index (χ3n) is 3.56. The molecule has 2 aromatic rings. The molecule has 1 aliphatic rings. The number of hydrogen-bond acceptors (Lipinski definition) is 5. The van der Waals surface area contributed by atoms with Crippen molar-refractivity contribution in [2.24, 2.45) is 0 Å². The topological polar surface area (TPSA) is 83.3 Å². The highest BCUT2D eigenvalue weighted by molar-refractivity contribution is 7.92. The molecule has 7 heteroatoms. The molecule has 122 valence electrons. The van der Waals surface area contributed by atoms with Crippen LogP contribution in [0.1, 0.15) is 11.1 Å². The first-order valence-corrected chi connectivity index (χ1v) is 8.83. The number of nitriles is 1. The molecule has 0 radical (unpaired) electrons. The van der Waals surface area contributed by atoms with Crippen molar-refractivity contribution < 1.29 is 13.2 Å². The summed E-state index contributed by atoms with van der Waals surface area (Å²) in [5.41, 5.74) is 1.28. The fourth-order valence-corrected chi connectivity index (χ4v) is 3.46. The van der Waals surface area contributed by atoms with E-state index in [0.717, 1.165) is 5.56 Å². The SMILES string of the molecule is N#Cc1ccnc(OC2CN(S(=O)(=O)/C=C/c3ccccc3)C2)c1. The molecule has 1 aromatic carbocycles. The molecule has 1 aliphatic heterocycles. The second-order valence-corrected chi connectivity index (χ2v) is 7.13. The van der Waals surface area contributed by atoms with E-state index in [4.69, 9.17) is 10.00 Å². The second kappa shape index (κ2) is 6.83. The molecule has 2 heterocycles. The highest BCUT2D eigenvalue weighted by Crippen LogP contribution is 2.21. The number of hydrogen-bond donors (Lipinski definition) is 0. The summed E-state index contributed by atoms with van der Waals surface area (Å²) >= 11 is 0. The van der Waals surface area contributed by atoms with Gasteiger partial charge >= 0.3 is 0 Å². The van der Waals surface area contributed by atoms with Crippen molar-refractivity contribution >= 4 is 16.1 Å². The number of nitrogens with zero attached hydrogens (tertiary/aromatic N) is 3. The van der Waals surface area contributed by atoms with Crippen LogP contribution in [0, 0.1) is 11.3 Å². The third-order valence-corrected chi connectivity index (χ3v) is 5.06. The molecule has 0 aliphatic carbocycles. The molecule has 0 saturated carbocycles. The van der Waals surface area contributed by atoms with Gasteiger partial charge in [-0.05, 0) is 17.7 Å². The first kappa shape index (κ1) is 16.2. The standard InChI is InChI=1S/C17H15N3O3S/c18-11-15-6-8-19-17(10-15)23-16-12-20(13-16)24(21,22)9-7-14-4-2-1-3-5-14/h1-10,16H,12-13H2/b9-7+. The van der Waals surface area contributed by atoms with Crippen molar-refractivity contribution in [2.75, 3.05) is 13.1 Å². The number of pyridine rings is 1. The molecule has 0 bridgehead atoms. The number of aromatic nitrogens is 1. The average molecular weight is 341 g/mol. The molecular weight excluding hydrogens is 326 g/mol. The molecule has 3 rings (SSSR count). The van der Waals surface area contributed by atoms with Gasteiger partial charge in [-0.15, -0.1) is 0 Å². The van der Waals surface area contributed by atoms with Crippen molar-refractivity contribution in [2.45, 2.75) is 6.10 Å². The van der Waals surface area contributed by atoms with Gasteiger partial charge in [-0.1, -0.05) is 30.3 Å². The molecule has 1 aromatic heterocycles. The van der Waals surface area contributed by atoms with E-state index in [9.17, 15) is 8.42 Å². The van der Waals surface area contributed by atoms with Gasteiger partial charge in [-0.25, -0.2) is 13.4 Å². The Hall–Kier alpha value is -2.69. The Labute approximate surface area is 140 Å². The summed E-state index contributed by atoms with van der Waals surface area (Å²) in [5.74, 6) is 0.330. The van der Waals surface area contributed by atoms with Gasteiger partial charge in [0.05, 0.1) is 24.7 Å². The lowest BCUT2D eigenvalue weighted by molar-refractivity contribution is 0.0730. The smallest absolute Gasteiger partial charge is 0.236 e. The molecule has 0 N–H and O–H groups in total. The fourth-order valence-electron chi connectivity index (χ4n) is 2.21. The molecule has 6 nitrogen and oxygen atoms in total. The van der Waals surface area contributed by atoms with Crippen LogP contribution in [0.5, 0.6) is 5.88 Å². The van der Waals surface area contributed by atoms with Crippen molar-refractivity contribution in [1.29, 1.82) is 5.26 Å². The minimum absolute atomic E-state index is 0.258. The van der Waals surface area contributed by atoms with E-state index in [1.165, 1.54) is 22.0 Å². The Kier molecular flexibility index (Phi) is 4.60. The van der Waals surface area contributed by atoms with Gasteiger partial charge in [0.2, 0.25) is 15.9 Å². The molecule has 1 fully saturated rings. The van der Waals surface area contributed by atoms with E-state index in [0.29, 0.717) is 11.4 Å². The Morgan fingerprint density at radius 3 is 2.71 bits per heavy atom. The highest BCUT2D eigenvalue weighted by Gasteiger charge is 2.36. The zero-order valence-electron chi connectivity index (χ0n) is 12.7. The number of benzene rings is 1. The van der Waals surface area contributed by atoms with E-state index in [2.05, 4.69) is 4.98 Å². The van der Waals surface area contributed by atoms with E-state index in [1.54, 1.807) is 12.1 Å². The summed E-state index contributed by atoms with van der Waals surface area (Å²) in [5, 5.41) is 10.0. The van der Waals surface area contributed by atoms with Crippen LogP contribution < -0.4 is 4.74 Å². The maximum Gasteiger partial charge on any atom is 0.236 e. The Bertz CT molecular complexity index is 883. The summed E-state index contributed by atoms with van der Waals surface area (Å²) in [6, 6.07) is 14.4. The summed E-state index contributed by atoms with van der Waals surface area (Å²) in [4.78, 5) is 4.02. The zero-order chi connectivity index (χ0) is 17.0. The van der Waals surface area contributed by atoms with Crippen LogP contribution in [-0.2, 0) is 10.0 Å². The maximum atomic E-state index is 12.2.